The van der Waals surface area contributed by atoms with Gasteiger partial charge < -0.3 is 0 Å². The summed E-state index contributed by atoms with van der Waals surface area (Å²) < 4.78 is 6.90. The summed E-state index contributed by atoms with van der Waals surface area (Å²) in [5, 5.41) is 0. The molecule has 0 saturated carbocycles. The van der Waals surface area contributed by atoms with Crippen LogP contribution in [-0.2, 0) is 0 Å². The fourth-order valence-corrected chi connectivity index (χ4v) is 6.35. The molecule has 19 heavy (non-hydrogen) atoms. The largest absolute Gasteiger partial charge is 0.0508 e. The predicted octanol–water partition coefficient (Wildman–Crippen LogP) is 8.69. The summed E-state index contributed by atoms with van der Waals surface area (Å²) >= 11 is 25.0. The van der Waals surface area contributed by atoms with Gasteiger partial charge in [0.1, 0.15) is 0 Å². The second-order valence-corrected chi connectivity index (χ2v) is 9.40. The van der Waals surface area contributed by atoms with E-state index in [1.54, 1.807) is 0 Å². The van der Waals surface area contributed by atoms with E-state index in [4.69, 9.17) is 0 Å². The van der Waals surface area contributed by atoms with Gasteiger partial charge in [0.25, 0.3) is 0 Å². The maximum atomic E-state index is 3.64. The van der Waals surface area contributed by atoms with Crippen molar-refractivity contribution in [3.8, 4) is 11.1 Å². The monoisotopic (exact) mass is 699 g/mol. The van der Waals surface area contributed by atoms with E-state index >= 15 is 0 Å². The predicted molar refractivity (Wildman–Crippen MR) is 106 cm³/mol. The van der Waals surface area contributed by atoms with Crippen LogP contribution in [0.5, 0.6) is 0 Å². The van der Waals surface area contributed by atoms with Crippen molar-refractivity contribution in [3.63, 3.8) is 0 Å². The highest BCUT2D eigenvalue weighted by atomic mass is 79.9. The molecule has 0 bridgehead atoms. The van der Waals surface area contributed by atoms with Crippen molar-refractivity contribution in [3.05, 3.63) is 49.5 Å². The standard InChI is InChI=1S/C12H3Br7/c13-5-1-4(2-6(14)3-5)7-8(15)10(17)12(19)11(18)9(7)16/h1-3H. The first-order valence-electron chi connectivity index (χ1n) is 4.80. The average molecular weight is 706 g/mol. The lowest BCUT2D eigenvalue weighted by atomic mass is 10.1. The molecule has 2 rings (SSSR count). The highest BCUT2D eigenvalue weighted by Gasteiger charge is 2.19. The first-order chi connectivity index (χ1) is 8.82. The molecule has 7 heteroatoms. The van der Waals surface area contributed by atoms with E-state index < -0.39 is 0 Å². The van der Waals surface area contributed by atoms with Crippen LogP contribution in [0.2, 0.25) is 0 Å². The van der Waals surface area contributed by atoms with Gasteiger partial charge in [0.15, 0.2) is 0 Å². The lowest BCUT2D eigenvalue weighted by molar-refractivity contribution is 1.43. The van der Waals surface area contributed by atoms with E-state index in [0.29, 0.717) is 0 Å². The van der Waals surface area contributed by atoms with Gasteiger partial charge in [0, 0.05) is 36.9 Å². The number of halogens is 7. The van der Waals surface area contributed by atoms with E-state index in [1.165, 1.54) is 0 Å². The Hall–Kier alpha value is 1.80. The molecule has 0 radical (unpaired) electrons. The summed E-state index contributed by atoms with van der Waals surface area (Å²) in [6.45, 7) is 0. The van der Waals surface area contributed by atoms with E-state index in [9.17, 15) is 0 Å². The molecular weight excluding hydrogens is 703 g/mol. The Morgan fingerprint density at radius 1 is 0.474 bits per heavy atom. The van der Waals surface area contributed by atoms with Gasteiger partial charge in [-0.05, 0) is 103 Å². The molecule has 0 atom stereocenters. The normalized spacial score (nSPS) is 10.9. The SMILES string of the molecule is Brc1cc(Br)cc(-c2c(Br)c(Br)c(Br)c(Br)c2Br)c1. The highest BCUT2D eigenvalue weighted by molar-refractivity contribution is 9.16. The number of rotatable bonds is 1. The van der Waals surface area contributed by atoms with Crippen molar-refractivity contribution in [2.24, 2.45) is 0 Å². The Bertz CT molecular complexity index is 614. The topological polar surface area (TPSA) is 0 Å². The second-order valence-electron chi connectivity index (χ2n) is 3.60. The molecule has 100 valence electrons. The van der Waals surface area contributed by atoms with Gasteiger partial charge in [-0.3, -0.25) is 0 Å². The third-order valence-electron chi connectivity index (χ3n) is 2.36. The van der Waals surface area contributed by atoms with E-state index in [0.717, 1.165) is 42.4 Å². The maximum Gasteiger partial charge on any atom is 0.0482 e. The molecule has 0 amide bonds. The third-order valence-corrected chi connectivity index (χ3v) is 9.37. The summed E-state index contributed by atoms with van der Waals surface area (Å²) in [6.07, 6.45) is 0. The summed E-state index contributed by atoms with van der Waals surface area (Å²) in [5.74, 6) is 0. The van der Waals surface area contributed by atoms with Gasteiger partial charge in [-0.2, -0.15) is 0 Å². The van der Waals surface area contributed by atoms with Crippen molar-refractivity contribution in [1.29, 1.82) is 0 Å². The van der Waals surface area contributed by atoms with Gasteiger partial charge in [-0.1, -0.05) is 31.9 Å². The zero-order chi connectivity index (χ0) is 14.3. The minimum absolute atomic E-state index is 0.962. The molecule has 0 saturated heterocycles. The minimum atomic E-state index is 0.962. The van der Waals surface area contributed by atoms with Crippen LogP contribution in [0.1, 0.15) is 0 Å². The van der Waals surface area contributed by atoms with E-state index in [-0.39, 0.29) is 0 Å². The molecule has 0 aliphatic rings. The Labute approximate surface area is 170 Å². The number of benzene rings is 2. The quantitative estimate of drug-likeness (QED) is 0.206. The van der Waals surface area contributed by atoms with Crippen LogP contribution in [0.15, 0.2) is 49.5 Å². The summed E-state index contributed by atoms with van der Waals surface area (Å²) in [7, 11) is 0. The van der Waals surface area contributed by atoms with E-state index in [2.05, 4.69) is 124 Å². The summed E-state index contributed by atoms with van der Waals surface area (Å²) in [4.78, 5) is 0. The Kier molecular flexibility index (Phi) is 6.25. The van der Waals surface area contributed by atoms with Gasteiger partial charge in [-0.25, -0.2) is 0 Å². The third kappa shape index (κ3) is 3.59. The molecule has 0 heterocycles. The average Bonchev–Trinajstić information content (AvgIpc) is 2.33. The maximum absolute atomic E-state index is 3.64. The number of hydrogen-bond donors (Lipinski definition) is 0. The molecule has 0 spiro atoms. The lowest BCUT2D eigenvalue weighted by Crippen LogP contribution is -1.88. The van der Waals surface area contributed by atoms with Crippen LogP contribution in [0.25, 0.3) is 11.1 Å². The summed E-state index contributed by atoms with van der Waals surface area (Å²) in [6, 6.07) is 6.15. The highest BCUT2D eigenvalue weighted by Crippen LogP contribution is 2.49. The smallest absolute Gasteiger partial charge is 0.0482 e. The zero-order valence-electron chi connectivity index (χ0n) is 8.88. The molecule has 0 unspecified atom stereocenters. The minimum Gasteiger partial charge on any atom is -0.0508 e. The van der Waals surface area contributed by atoms with Crippen LogP contribution in [0.4, 0.5) is 0 Å². The van der Waals surface area contributed by atoms with Crippen molar-refractivity contribution in [2.45, 2.75) is 0 Å². The molecule has 0 fully saturated rings. The molecule has 0 aliphatic carbocycles. The fourth-order valence-electron chi connectivity index (χ4n) is 1.56. The second kappa shape index (κ2) is 6.92. The van der Waals surface area contributed by atoms with Gasteiger partial charge >= 0.3 is 0 Å². The van der Waals surface area contributed by atoms with Gasteiger partial charge in [-0.15, -0.1) is 0 Å². The molecule has 0 aromatic heterocycles. The van der Waals surface area contributed by atoms with Crippen LogP contribution in [0, 0.1) is 0 Å². The summed E-state index contributed by atoms with van der Waals surface area (Å²) in [5.41, 5.74) is 2.16. The van der Waals surface area contributed by atoms with E-state index in [1.807, 2.05) is 6.07 Å². The van der Waals surface area contributed by atoms with Gasteiger partial charge in [0.2, 0.25) is 0 Å². The molecule has 2 aromatic carbocycles. The van der Waals surface area contributed by atoms with Crippen molar-refractivity contribution in [2.75, 3.05) is 0 Å². The lowest BCUT2D eigenvalue weighted by Gasteiger charge is -2.14. The van der Waals surface area contributed by atoms with Crippen molar-refractivity contribution >= 4 is 112 Å². The first kappa shape index (κ1) is 17.2. The fraction of sp³-hybridized carbons (Fsp3) is 0. The first-order valence-corrected chi connectivity index (χ1v) is 10.4. The van der Waals surface area contributed by atoms with Crippen molar-refractivity contribution < 1.29 is 0 Å². The Morgan fingerprint density at radius 2 is 0.842 bits per heavy atom. The van der Waals surface area contributed by atoms with Crippen LogP contribution < -0.4 is 0 Å². The van der Waals surface area contributed by atoms with Crippen LogP contribution >= 0.6 is 112 Å². The Balaban J connectivity index is 2.82. The Morgan fingerprint density at radius 3 is 1.26 bits per heavy atom. The molecule has 0 nitrogen and oxygen atoms in total. The molecular formula is C12H3Br7. The molecule has 2 aromatic rings. The molecule has 0 N–H and O–H groups in total. The number of hydrogen-bond acceptors (Lipinski definition) is 0. The molecule has 0 aliphatic heterocycles. The van der Waals surface area contributed by atoms with Gasteiger partial charge in [0.05, 0.1) is 0 Å². The van der Waals surface area contributed by atoms with Crippen LogP contribution in [0.3, 0.4) is 0 Å². The van der Waals surface area contributed by atoms with Crippen molar-refractivity contribution in [1.82, 2.24) is 0 Å². The van der Waals surface area contributed by atoms with Crippen LogP contribution in [-0.4, -0.2) is 0 Å². The zero-order valence-corrected chi connectivity index (χ0v) is 20.0.